The Balaban J connectivity index is 2.08. The molecular formula is C12H12BrFN2O. The minimum atomic E-state index is -0.260. The number of aromatic nitrogens is 2. The molecule has 1 atom stereocenters. The van der Waals surface area contributed by atoms with Crippen molar-refractivity contribution in [2.75, 3.05) is 6.61 Å². The van der Waals surface area contributed by atoms with Gasteiger partial charge < -0.3 is 4.74 Å². The van der Waals surface area contributed by atoms with Crippen LogP contribution in [-0.4, -0.2) is 16.4 Å². The normalized spacial score (nSPS) is 20.9. The van der Waals surface area contributed by atoms with Crippen LogP contribution < -0.4 is 0 Å². The van der Waals surface area contributed by atoms with Crippen molar-refractivity contribution >= 4 is 26.8 Å². The molecule has 0 saturated carbocycles. The lowest BCUT2D eigenvalue weighted by molar-refractivity contribution is -0.0366. The fourth-order valence-electron chi connectivity index (χ4n) is 2.21. The number of nitrogens with zero attached hydrogens (tertiary/aromatic N) is 2. The van der Waals surface area contributed by atoms with E-state index in [2.05, 4.69) is 21.0 Å². The molecular weight excluding hydrogens is 287 g/mol. The first-order valence-electron chi connectivity index (χ1n) is 5.70. The molecule has 5 heteroatoms. The van der Waals surface area contributed by atoms with Crippen molar-refractivity contribution in [3.63, 3.8) is 0 Å². The molecule has 1 aromatic carbocycles. The van der Waals surface area contributed by atoms with E-state index in [0.717, 1.165) is 31.4 Å². The van der Waals surface area contributed by atoms with Crippen molar-refractivity contribution in [2.45, 2.75) is 25.5 Å². The van der Waals surface area contributed by atoms with Gasteiger partial charge in [0.05, 0.1) is 21.6 Å². The summed E-state index contributed by atoms with van der Waals surface area (Å²) >= 11 is 3.18. The second kappa shape index (κ2) is 4.38. The van der Waals surface area contributed by atoms with E-state index in [4.69, 9.17) is 4.74 Å². The highest BCUT2D eigenvalue weighted by molar-refractivity contribution is 9.10. The lowest BCUT2D eigenvalue weighted by atomic mass is 10.2. The molecule has 3 nitrogen and oxygen atoms in total. The fourth-order valence-corrected chi connectivity index (χ4v) is 2.55. The molecule has 3 rings (SSSR count). The maximum Gasteiger partial charge on any atom is 0.150 e. The van der Waals surface area contributed by atoms with Gasteiger partial charge in [-0.1, -0.05) is 0 Å². The largest absolute Gasteiger partial charge is 0.356 e. The molecule has 90 valence electrons. The Labute approximate surface area is 107 Å². The zero-order valence-electron chi connectivity index (χ0n) is 9.20. The van der Waals surface area contributed by atoms with Crippen LogP contribution in [0.2, 0.25) is 0 Å². The molecule has 0 radical (unpaired) electrons. The van der Waals surface area contributed by atoms with Crippen LogP contribution in [0.25, 0.3) is 10.9 Å². The Morgan fingerprint density at radius 3 is 3.06 bits per heavy atom. The molecule has 2 aromatic rings. The average Bonchev–Trinajstić information content (AvgIpc) is 2.79. The number of hydrogen-bond acceptors (Lipinski definition) is 2. The van der Waals surface area contributed by atoms with Gasteiger partial charge in [-0.05, 0) is 47.3 Å². The summed E-state index contributed by atoms with van der Waals surface area (Å²) in [7, 11) is 0. The van der Waals surface area contributed by atoms with Gasteiger partial charge in [-0.3, -0.25) is 0 Å². The second-order valence-corrected chi connectivity index (χ2v) is 5.06. The molecule has 0 N–H and O–H groups in total. The van der Waals surface area contributed by atoms with Crippen LogP contribution in [0.1, 0.15) is 25.5 Å². The zero-order chi connectivity index (χ0) is 11.8. The molecule has 1 aliphatic heterocycles. The predicted octanol–water partition coefficient (Wildman–Crippen LogP) is 3.64. The number of fused-ring (bicyclic) bond motifs is 1. The van der Waals surface area contributed by atoms with Crippen LogP contribution in [0, 0.1) is 5.82 Å². The molecule has 0 amide bonds. The third-order valence-corrected chi connectivity index (χ3v) is 3.71. The van der Waals surface area contributed by atoms with Gasteiger partial charge in [0.25, 0.3) is 0 Å². The Morgan fingerprint density at radius 1 is 1.41 bits per heavy atom. The van der Waals surface area contributed by atoms with E-state index in [9.17, 15) is 4.39 Å². The molecule has 1 saturated heterocycles. The van der Waals surface area contributed by atoms with Crippen LogP contribution in [0.15, 0.2) is 22.8 Å². The van der Waals surface area contributed by atoms with Gasteiger partial charge in [0.15, 0.2) is 6.23 Å². The summed E-state index contributed by atoms with van der Waals surface area (Å²) in [6.45, 7) is 0.755. The van der Waals surface area contributed by atoms with E-state index in [1.54, 1.807) is 16.9 Å². The molecule has 1 unspecified atom stereocenters. The summed E-state index contributed by atoms with van der Waals surface area (Å²) in [4.78, 5) is 0. The van der Waals surface area contributed by atoms with Crippen molar-refractivity contribution in [3.8, 4) is 0 Å². The standard InChI is InChI=1S/C12H12BrFN2O/c13-9-4-5-10-8(12(9)14)7-15-16(10)11-3-1-2-6-17-11/h4-5,7,11H,1-3,6H2. The quantitative estimate of drug-likeness (QED) is 0.804. The number of halogens is 2. The van der Waals surface area contributed by atoms with Gasteiger partial charge in [-0.15, -0.1) is 0 Å². The molecule has 1 aromatic heterocycles. The number of ether oxygens (including phenoxy) is 1. The molecule has 2 heterocycles. The Hall–Kier alpha value is -0.940. The van der Waals surface area contributed by atoms with Crippen LogP contribution >= 0.6 is 15.9 Å². The Bertz CT molecular complexity index is 549. The SMILES string of the molecule is Fc1c(Br)ccc2c1cnn2C1CCCCO1. The monoisotopic (exact) mass is 298 g/mol. The third kappa shape index (κ3) is 1.87. The van der Waals surface area contributed by atoms with Crippen molar-refractivity contribution in [1.82, 2.24) is 9.78 Å². The summed E-state index contributed by atoms with van der Waals surface area (Å²) in [5, 5.41) is 4.79. The van der Waals surface area contributed by atoms with E-state index < -0.39 is 0 Å². The van der Waals surface area contributed by atoms with E-state index in [1.165, 1.54) is 0 Å². The van der Waals surface area contributed by atoms with Crippen LogP contribution in [0.5, 0.6) is 0 Å². The highest BCUT2D eigenvalue weighted by Gasteiger charge is 2.19. The highest BCUT2D eigenvalue weighted by atomic mass is 79.9. The molecule has 0 aliphatic carbocycles. The van der Waals surface area contributed by atoms with Crippen LogP contribution in [0.3, 0.4) is 0 Å². The summed E-state index contributed by atoms with van der Waals surface area (Å²) in [6, 6.07) is 3.58. The molecule has 1 aliphatic rings. The first-order chi connectivity index (χ1) is 8.27. The lowest BCUT2D eigenvalue weighted by Gasteiger charge is -2.23. The first kappa shape index (κ1) is 11.2. The van der Waals surface area contributed by atoms with Gasteiger partial charge in [-0.2, -0.15) is 5.10 Å². The van der Waals surface area contributed by atoms with E-state index in [-0.39, 0.29) is 12.0 Å². The minimum Gasteiger partial charge on any atom is -0.356 e. The second-order valence-electron chi connectivity index (χ2n) is 4.20. The fraction of sp³-hybridized carbons (Fsp3) is 0.417. The van der Waals surface area contributed by atoms with Gasteiger partial charge in [0.2, 0.25) is 0 Å². The van der Waals surface area contributed by atoms with Gasteiger partial charge >= 0.3 is 0 Å². The predicted molar refractivity (Wildman–Crippen MR) is 66.2 cm³/mol. The topological polar surface area (TPSA) is 27.1 Å². The van der Waals surface area contributed by atoms with Gasteiger partial charge in [0, 0.05) is 6.61 Å². The minimum absolute atomic E-state index is 0.0539. The highest BCUT2D eigenvalue weighted by Crippen LogP contribution is 2.29. The van der Waals surface area contributed by atoms with E-state index in [1.807, 2.05) is 6.07 Å². The zero-order valence-corrected chi connectivity index (χ0v) is 10.8. The van der Waals surface area contributed by atoms with Crippen LogP contribution in [-0.2, 0) is 4.74 Å². The van der Waals surface area contributed by atoms with Crippen LogP contribution in [0.4, 0.5) is 4.39 Å². The van der Waals surface area contributed by atoms with Crippen molar-refractivity contribution < 1.29 is 9.13 Å². The number of rotatable bonds is 1. The van der Waals surface area contributed by atoms with E-state index in [0.29, 0.717) is 9.86 Å². The van der Waals surface area contributed by atoms with Crippen molar-refractivity contribution in [2.24, 2.45) is 0 Å². The summed E-state index contributed by atoms with van der Waals surface area (Å²) in [5.74, 6) is -0.260. The maximum atomic E-state index is 13.8. The molecule has 1 fully saturated rings. The average molecular weight is 299 g/mol. The Kier molecular flexibility index (Phi) is 2.88. The summed E-state index contributed by atoms with van der Waals surface area (Å²) in [6.07, 6.45) is 4.67. The molecule has 17 heavy (non-hydrogen) atoms. The maximum absolute atomic E-state index is 13.8. The van der Waals surface area contributed by atoms with Gasteiger partial charge in [-0.25, -0.2) is 9.07 Å². The summed E-state index contributed by atoms with van der Waals surface area (Å²) in [5.41, 5.74) is 0.789. The molecule has 0 spiro atoms. The molecule has 0 bridgehead atoms. The van der Waals surface area contributed by atoms with Crippen molar-refractivity contribution in [1.29, 1.82) is 0 Å². The Morgan fingerprint density at radius 2 is 2.29 bits per heavy atom. The summed E-state index contributed by atoms with van der Waals surface area (Å²) < 4.78 is 21.8. The number of hydrogen-bond donors (Lipinski definition) is 0. The first-order valence-corrected chi connectivity index (χ1v) is 6.49. The smallest absolute Gasteiger partial charge is 0.150 e. The van der Waals surface area contributed by atoms with E-state index >= 15 is 0 Å². The third-order valence-electron chi connectivity index (χ3n) is 3.10. The van der Waals surface area contributed by atoms with Gasteiger partial charge in [0.1, 0.15) is 5.82 Å². The van der Waals surface area contributed by atoms with Crippen molar-refractivity contribution in [3.05, 3.63) is 28.6 Å². The lowest BCUT2D eigenvalue weighted by Crippen LogP contribution is -2.18. The number of benzene rings is 1.